The van der Waals surface area contributed by atoms with Gasteiger partial charge in [0.05, 0.1) is 22.2 Å². The molecule has 0 saturated carbocycles. The number of fused-ring (bicyclic) bond motifs is 1. The fourth-order valence-electron chi connectivity index (χ4n) is 3.84. The Labute approximate surface area is 208 Å². The van der Waals surface area contributed by atoms with Crippen molar-refractivity contribution < 1.29 is 31.5 Å². The van der Waals surface area contributed by atoms with Gasteiger partial charge in [0.2, 0.25) is 10.0 Å². The predicted molar refractivity (Wildman–Crippen MR) is 125 cm³/mol. The van der Waals surface area contributed by atoms with Crippen molar-refractivity contribution in [3.05, 3.63) is 57.9 Å². The van der Waals surface area contributed by atoms with E-state index in [2.05, 4.69) is 9.73 Å². The van der Waals surface area contributed by atoms with Crippen LogP contribution in [-0.4, -0.2) is 49.4 Å². The monoisotopic (exact) mass is 543 g/mol. The number of esters is 1. The summed E-state index contributed by atoms with van der Waals surface area (Å²) < 4.78 is 61.2. The lowest BCUT2D eigenvalue weighted by Crippen LogP contribution is -2.40. The average Bonchev–Trinajstić information content (AvgIpc) is 3.15. The Kier molecular flexibility index (Phi) is 7.36. The maximum Gasteiger partial charge on any atom is 0.325 e. The molecule has 186 valence electrons. The molecule has 0 N–H and O–H groups in total. The number of aromatic nitrogens is 1. The molecule has 35 heavy (non-hydrogen) atoms. The van der Waals surface area contributed by atoms with E-state index in [-0.39, 0.29) is 45.8 Å². The minimum atomic E-state index is -3.73. The van der Waals surface area contributed by atoms with Gasteiger partial charge >= 0.3 is 5.97 Å². The van der Waals surface area contributed by atoms with Crippen molar-refractivity contribution in [3.8, 4) is 0 Å². The van der Waals surface area contributed by atoms with Crippen molar-refractivity contribution in [1.29, 1.82) is 0 Å². The zero-order valence-corrected chi connectivity index (χ0v) is 20.8. The quantitative estimate of drug-likeness (QED) is 0.460. The number of piperidine rings is 1. The summed E-state index contributed by atoms with van der Waals surface area (Å²) in [6.07, 6.45) is 0.472. The summed E-state index contributed by atoms with van der Waals surface area (Å²) in [6, 6.07) is 7.62. The third kappa shape index (κ3) is 5.30. The largest absolute Gasteiger partial charge is 0.468 e. The molecule has 1 saturated heterocycles. The first-order valence-corrected chi connectivity index (χ1v) is 13.1. The van der Waals surface area contributed by atoms with Gasteiger partial charge < -0.3 is 9.30 Å². The van der Waals surface area contributed by atoms with E-state index in [1.54, 1.807) is 0 Å². The van der Waals surface area contributed by atoms with Crippen LogP contribution in [0.3, 0.4) is 0 Å². The maximum atomic E-state index is 14.5. The Balaban J connectivity index is 1.58. The number of hydrogen-bond acceptors (Lipinski definition) is 6. The summed E-state index contributed by atoms with van der Waals surface area (Å²) in [4.78, 5) is 29.0. The van der Waals surface area contributed by atoms with Gasteiger partial charge in [-0.05, 0) is 43.2 Å². The second-order valence-electron chi connectivity index (χ2n) is 7.86. The van der Waals surface area contributed by atoms with Gasteiger partial charge in [0, 0.05) is 30.1 Å². The lowest BCUT2D eigenvalue weighted by molar-refractivity contribution is -0.141. The van der Waals surface area contributed by atoms with Crippen molar-refractivity contribution in [3.63, 3.8) is 0 Å². The zero-order chi connectivity index (χ0) is 25.3. The second-order valence-corrected chi connectivity index (χ2v) is 11.2. The van der Waals surface area contributed by atoms with E-state index in [0.29, 0.717) is 11.1 Å². The number of methoxy groups -OCH3 is 1. The Morgan fingerprint density at radius 3 is 2.46 bits per heavy atom. The van der Waals surface area contributed by atoms with Crippen LogP contribution in [0.4, 0.5) is 8.78 Å². The number of carbonyl (C=O) groups excluding carboxylic acids is 2. The maximum absolute atomic E-state index is 14.5. The molecule has 3 aromatic rings. The Bertz CT molecular complexity index is 1460. The molecule has 1 amide bonds. The van der Waals surface area contributed by atoms with Crippen LogP contribution in [-0.2, 0) is 30.9 Å². The van der Waals surface area contributed by atoms with Crippen LogP contribution in [0.25, 0.3) is 10.2 Å². The molecule has 8 nitrogen and oxygen atoms in total. The number of carbonyl (C=O) groups is 2. The van der Waals surface area contributed by atoms with Crippen molar-refractivity contribution in [2.45, 2.75) is 24.3 Å². The van der Waals surface area contributed by atoms with Gasteiger partial charge in [-0.3, -0.25) is 9.59 Å². The minimum absolute atomic E-state index is 0.0242. The highest BCUT2D eigenvalue weighted by Gasteiger charge is 2.32. The van der Waals surface area contributed by atoms with Crippen LogP contribution < -0.4 is 4.80 Å². The van der Waals surface area contributed by atoms with Gasteiger partial charge in [-0.25, -0.2) is 17.2 Å². The topological polar surface area (TPSA) is 98.0 Å². The van der Waals surface area contributed by atoms with Crippen molar-refractivity contribution in [2.24, 2.45) is 10.9 Å². The van der Waals surface area contributed by atoms with E-state index in [9.17, 15) is 26.8 Å². The number of ether oxygens (including phenoxy) is 1. The van der Waals surface area contributed by atoms with E-state index in [0.717, 1.165) is 17.4 Å². The number of halogens is 3. The number of rotatable bonds is 5. The molecule has 2 heterocycles. The number of amides is 1. The SMILES string of the molecule is COC(=O)Cn1c(=NC(=O)C2CCN(S(=O)(=O)c3ccc(Cl)cc3)CC2)sc2cc(F)cc(F)c21. The predicted octanol–water partition coefficient (Wildman–Crippen LogP) is 3.34. The highest BCUT2D eigenvalue weighted by molar-refractivity contribution is 7.89. The van der Waals surface area contributed by atoms with Crippen molar-refractivity contribution in [2.75, 3.05) is 20.2 Å². The molecule has 2 aromatic carbocycles. The summed E-state index contributed by atoms with van der Waals surface area (Å²) in [5.74, 6) is -3.48. The van der Waals surface area contributed by atoms with Crippen LogP contribution >= 0.6 is 22.9 Å². The molecule has 0 spiro atoms. The minimum Gasteiger partial charge on any atom is -0.468 e. The van der Waals surface area contributed by atoms with Gasteiger partial charge in [-0.2, -0.15) is 9.30 Å². The van der Waals surface area contributed by atoms with Crippen LogP contribution in [0, 0.1) is 17.6 Å². The number of hydrogen-bond donors (Lipinski definition) is 0. The summed E-state index contributed by atoms with van der Waals surface area (Å²) in [5, 5.41) is 0.420. The van der Waals surface area contributed by atoms with Gasteiger partial charge in [0.1, 0.15) is 12.4 Å². The average molecular weight is 544 g/mol. The summed E-state index contributed by atoms with van der Waals surface area (Å²) in [7, 11) is -2.57. The van der Waals surface area contributed by atoms with Crippen LogP contribution in [0.2, 0.25) is 5.02 Å². The van der Waals surface area contributed by atoms with Gasteiger partial charge in [0.25, 0.3) is 5.91 Å². The Morgan fingerprint density at radius 1 is 1.17 bits per heavy atom. The Hall–Kier alpha value is -2.67. The number of thiazole rings is 1. The molecule has 1 aliphatic heterocycles. The molecule has 0 unspecified atom stereocenters. The first-order chi connectivity index (χ1) is 16.6. The normalized spacial score (nSPS) is 16.1. The summed E-state index contributed by atoms with van der Waals surface area (Å²) >= 11 is 6.71. The van der Waals surface area contributed by atoms with E-state index >= 15 is 0 Å². The van der Waals surface area contributed by atoms with Crippen LogP contribution in [0.15, 0.2) is 46.3 Å². The van der Waals surface area contributed by atoms with Gasteiger partial charge in [-0.15, -0.1) is 0 Å². The molecule has 13 heteroatoms. The van der Waals surface area contributed by atoms with E-state index in [1.807, 2.05) is 0 Å². The van der Waals surface area contributed by atoms with E-state index < -0.39 is 46.0 Å². The summed E-state index contributed by atoms with van der Waals surface area (Å²) in [6.45, 7) is -0.181. The molecule has 0 atom stereocenters. The zero-order valence-electron chi connectivity index (χ0n) is 18.4. The molecule has 1 aromatic heterocycles. The first kappa shape index (κ1) is 25.4. The van der Waals surface area contributed by atoms with Gasteiger partial charge in [-0.1, -0.05) is 22.9 Å². The number of nitrogens with zero attached hydrogens (tertiary/aromatic N) is 3. The van der Waals surface area contributed by atoms with Gasteiger partial charge in [0.15, 0.2) is 10.6 Å². The van der Waals surface area contributed by atoms with Crippen molar-refractivity contribution >= 4 is 55.1 Å². The third-order valence-corrected chi connectivity index (χ3v) is 8.86. The first-order valence-electron chi connectivity index (χ1n) is 10.5. The number of benzene rings is 2. The molecule has 0 radical (unpaired) electrons. The summed E-state index contributed by atoms with van der Waals surface area (Å²) in [5.41, 5.74) is -0.0581. The van der Waals surface area contributed by atoms with E-state index in [1.165, 1.54) is 40.2 Å². The Morgan fingerprint density at radius 2 is 1.83 bits per heavy atom. The van der Waals surface area contributed by atoms with Crippen LogP contribution in [0.5, 0.6) is 0 Å². The lowest BCUT2D eigenvalue weighted by Gasteiger charge is -2.29. The van der Waals surface area contributed by atoms with E-state index in [4.69, 9.17) is 11.6 Å². The standard InChI is InChI=1S/C22H20ClF2N3O5S2/c1-33-19(29)12-28-20-17(25)10-15(24)11-18(20)34-22(28)26-21(30)13-6-8-27(9-7-13)35(31,32)16-4-2-14(23)3-5-16/h2-5,10-11,13H,6-9,12H2,1H3. The number of sulfonamides is 1. The molecule has 0 aliphatic carbocycles. The molecular weight excluding hydrogens is 524 g/mol. The molecule has 1 aliphatic rings. The molecular formula is C22H20ClF2N3O5S2. The van der Waals surface area contributed by atoms with Crippen LogP contribution in [0.1, 0.15) is 12.8 Å². The fraction of sp³-hybridized carbons (Fsp3) is 0.318. The molecule has 4 rings (SSSR count). The lowest BCUT2D eigenvalue weighted by atomic mass is 9.98. The highest BCUT2D eigenvalue weighted by Crippen LogP contribution is 2.26. The molecule has 0 bridgehead atoms. The van der Waals surface area contributed by atoms with Crippen molar-refractivity contribution in [1.82, 2.24) is 8.87 Å². The highest BCUT2D eigenvalue weighted by atomic mass is 35.5. The second kappa shape index (κ2) is 10.1. The smallest absolute Gasteiger partial charge is 0.325 e. The fourth-order valence-corrected chi connectivity index (χ4v) is 6.51. The third-order valence-electron chi connectivity index (χ3n) is 5.67. The molecule has 1 fully saturated rings.